The van der Waals surface area contributed by atoms with Crippen LogP contribution in [0.4, 0.5) is 0 Å². The Morgan fingerprint density at radius 3 is 2.82 bits per heavy atom. The summed E-state index contributed by atoms with van der Waals surface area (Å²) in [6.07, 6.45) is 4.90. The van der Waals surface area contributed by atoms with Crippen LogP contribution in [0.2, 0.25) is 0 Å². The molecule has 0 amide bonds. The van der Waals surface area contributed by atoms with Crippen molar-refractivity contribution in [3.8, 4) is 0 Å². The molecule has 0 fully saturated rings. The van der Waals surface area contributed by atoms with Crippen LogP contribution in [0.5, 0.6) is 0 Å². The molecule has 0 aromatic carbocycles. The molecule has 120 valence electrons. The number of aryl methyl sites for hydroxylation is 1. The summed E-state index contributed by atoms with van der Waals surface area (Å²) >= 11 is 1.59. The van der Waals surface area contributed by atoms with Crippen molar-refractivity contribution < 1.29 is 8.42 Å². The molecule has 0 radical (unpaired) electrons. The molecule has 2 N–H and O–H groups in total. The molecule has 2 heterocycles. The number of sulfonamides is 1. The normalized spacial score (nSPS) is 11.6. The highest BCUT2D eigenvalue weighted by molar-refractivity contribution is 7.89. The molecule has 0 saturated heterocycles. The Morgan fingerprint density at radius 2 is 2.09 bits per heavy atom. The topological polar surface area (TPSA) is 71.1 Å². The van der Waals surface area contributed by atoms with Crippen LogP contribution in [0.15, 0.2) is 42.0 Å². The Labute approximate surface area is 135 Å². The third kappa shape index (κ3) is 6.65. The lowest BCUT2D eigenvalue weighted by atomic mass is 10.3. The molecule has 0 atom stereocenters. The highest BCUT2D eigenvalue weighted by atomic mass is 32.2. The van der Waals surface area contributed by atoms with E-state index >= 15 is 0 Å². The summed E-state index contributed by atoms with van der Waals surface area (Å²) in [6.45, 7) is 1.98. The zero-order valence-electron chi connectivity index (χ0n) is 12.4. The lowest BCUT2D eigenvalue weighted by Gasteiger charge is -2.07. The monoisotopic (exact) mass is 339 g/mol. The molecule has 0 aliphatic carbocycles. The zero-order chi connectivity index (χ0) is 15.7. The first-order valence-electron chi connectivity index (χ1n) is 7.25. The van der Waals surface area contributed by atoms with Crippen LogP contribution in [-0.2, 0) is 23.0 Å². The predicted molar refractivity (Wildman–Crippen MR) is 90.4 cm³/mol. The molecule has 0 aliphatic rings. The van der Waals surface area contributed by atoms with Crippen LogP contribution in [0, 0.1) is 0 Å². The number of thiophene rings is 1. The van der Waals surface area contributed by atoms with Gasteiger partial charge in [-0.05, 0) is 42.5 Å². The minimum Gasteiger partial charge on any atom is -0.313 e. The molecule has 7 heteroatoms. The van der Waals surface area contributed by atoms with Gasteiger partial charge < -0.3 is 5.32 Å². The number of hydrogen-bond donors (Lipinski definition) is 2. The molecule has 2 rings (SSSR count). The number of nitrogens with one attached hydrogen (secondary N) is 2. The van der Waals surface area contributed by atoms with Crippen molar-refractivity contribution in [1.82, 2.24) is 15.0 Å². The fourth-order valence-corrected chi connectivity index (χ4v) is 3.86. The quantitative estimate of drug-likeness (QED) is 0.647. The van der Waals surface area contributed by atoms with Crippen LogP contribution >= 0.6 is 11.3 Å². The van der Waals surface area contributed by atoms with Crippen molar-refractivity contribution >= 4 is 21.4 Å². The molecule has 2 aromatic rings. The summed E-state index contributed by atoms with van der Waals surface area (Å²) in [6, 6.07) is 7.81. The molecular formula is C15H21N3O2S2. The minimum atomic E-state index is -3.18. The van der Waals surface area contributed by atoms with Gasteiger partial charge in [0.1, 0.15) is 0 Å². The molecule has 0 saturated carbocycles. The Morgan fingerprint density at radius 1 is 1.18 bits per heavy atom. The van der Waals surface area contributed by atoms with Crippen LogP contribution in [0.25, 0.3) is 0 Å². The molecule has 0 bridgehead atoms. The van der Waals surface area contributed by atoms with E-state index in [1.807, 2.05) is 35.8 Å². The Kier molecular flexibility index (Phi) is 6.98. The second kappa shape index (κ2) is 8.99. The number of pyridine rings is 1. The molecule has 0 unspecified atom stereocenters. The van der Waals surface area contributed by atoms with E-state index in [1.165, 1.54) is 0 Å². The maximum atomic E-state index is 11.8. The van der Waals surface area contributed by atoms with Crippen molar-refractivity contribution in [1.29, 1.82) is 0 Å². The average Bonchev–Trinajstić information content (AvgIpc) is 3.03. The molecule has 2 aromatic heterocycles. The Hall–Kier alpha value is -1.28. The van der Waals surface area contributed by atoms with E-state index < -0.39 is 10.0 Å². The number of nitrogens with zero attached hydrogens (tertiary/aromatic N) is 1. The van der Waals surface area contributed by atoms with E-state index in [2.05, 4.69) is 15.0 Å². The van der Waals surface area contributed by atoms with Crippen LogP contribution in [0.3, 0.4) is 0 Å². The molecule has 5 nitrogen and oxygen atoms in total. The zero-order valence-corrected chi connectivity index (χ0v) is 14.0. The highest BCUT2D eigenvalue weighted by Crippen LogP contribution is 2.09. The summed E-state index contributed by atoms with van der Waals surface area (Å²) in [5, 5.41) is 5.23. The average molecular weight is 339 g/mol. The van der Waals surface area contributed by atoms with E-state index in [0.29, 0.717) is 13.0 Å². The van der Waals surface area contributed by atoms with Gasteiger partial charge in [0, 0.05) is 30.4 Å². The SMILES string of the molecule is O=S(=O)(CCc1cccs1)NCCCNCc1cccnc1. The number of hydrogen-bond acceptors (Lipinski definition) is 5. The summed E-state index contributed by atoms with van der Waals surface area (Å²) in [5.74, 6) is 0.149. The summed E-state index contributed by atoms with van der Waals surface area (Å²) < 4.78 is 26.3. The fraction of sp³-hybridized carbons (Fsp3) is 0.400. The van der Waals surface area contributed by atoms with Gasteiger partial charge in [-0.3, -0.25) is 4.98 Å². The van der Waals surface area contributed by atoms with E-state index in [4.69, 9.17) is 0 Å². The van der Waals surface area contributed by atoms with Crippen molar-refractivity contribution in [2.75, 3.05) is 18.8 Å². The van der Waals surface area contributed by atoms with Gasteiger partial charge in [0.15, 0.2) is 0 Å². The number of rotatable bonds is 10. The van der Waals surface area contributed by atoms with E-state index in [1.54, 1.807) is 17.5 Å². The van der Waals surface area contributed by atoms with Crippen LogP contribution < -0.4 is 10.0 Å². The summed E-state index contributed by atoms with van der Waals surface area (Å²) in [5.41, 5.74) is 1.12. The highest BCUT2D eigenvalue weighted by Gasteiger charge is 2.09. The fourth-order valence-electron chi connectivity index (χ4n) is 1.94. The molecule has 22 heavy (non-hydrogen) atoms. The van der Waals surface area contributed by atoms with Gasteiger partial charge in [0.25, 0.3) is 0 Å². The second-order valence-corrected chi connectivity index (χ2v) is 7.89. The minimum absolute atomic E-state index is 0.149. The maximum Gasteiger partial charge on any atom is 0.211 e. The largest absolute Gasteiger partial charge is 0.313 e. The smallest absolute Gasteiger partial charge is 0.211 e. The van der Waals surface area contributed by atoms with Crippen molar-refractivity contribution in [2.24, 2.45) is 0 Å². The van der Waals surface area contributed by atoms with Crippen molar-refractivity contribution in [3.63, 3.8) is 0 Å². The Balaban J connectivity index is 1.55. The van der Waals surface area contributed by atoms with Gasteiger partial charge >= 0.3 is 0 Å². The van der Waals surface area contributed by atoms with Gasteiger partial charge in [-0.1, -0.05) is 12.1 Å². The first-order chi connectivity index (χ1) is 10.7. The van der Waals surface area contributed by atoms with Gasteiger partial charge in [0.2, 0.25) is 10.0 Å². The number of aromatic nitrogens is 1. The molecule has 0 aliphatic heterocycles. The van der Waals surface area contributed by atoms with E-state index in [9.17, 15) is 8.42 Å². The lowest BCUT2D eigenvalue weighted by Crippen LogP contribution is -2.30. The van der Waals surface area contributed by atoms with Crippen LogP contribution in [-0.4, -0.2) is 32.2 Å². The standard InChI is InChI=1S/C15H21N3O2S2/c19-22(20,11-6-15-5-2-10-21-15)18-9-3-8-17-13-14-4-1-7-16-12-14/h1-2,4-5,7,10,12,17-18H,3,6,8-9,11,13H2. The van der Waals surface area contributed by atoms with Crippen molar-refractivity contribution in [2.45, 2.75) is 19.4 Å². The lowest BCUT2D eigenvalue weighted by molar-refractivity contribution is 0.573. The van der Waals surface area contributed by atoms with Gasteiger partial charge in [-0.25, -0.2) is 13.1 Å². The Bertz CT molecular complexity index is 628. The third-order valence-corrected chi connectivity index (χ3v) is 5.42. The predicted octanol–water partition coefficient (Wildman–Crippen LogP) is 1.78. The first kappa shape index (κ1) is 17.1. The van der Waals surface area contributed by atoms with Crippen molar-refractivity contribution in [3.05, 3.63) is 52.5 Å². The van der Waals surface area contributed by atoms with E-state index in [-0.39, 0.29) is 5.75 Å². The van der Waals surface area contributed by atoms with Gasteiger partial charge in [0.05, 0.1) is 5.75 Å². The van der Waals surface area contributed by atoms with Gasteiger partial charge in [-0.15, -0.1) is 11.3 Å². The van der Waals surface area contributed by atoms with Gasteiger partial charge in [-0.2, -0.15) is 0 Å². The second-order valence-electron chi connectivity index (χ2n) is 4.93. The molecular weight excluding hydrogens is 318 g/mol. The molecule has 0 spiro atoms. The summed E-state index contributed by atoms with van der Waals surface area (Å²) in [4.78, 5) is 5.14. The van der Waals surface area contributed by atoms with E-state index in [0.717, 1.165) is 30.0 Å². The first-order valence-corrected chi connectivity index (χ1v) is 9.78. The maximum absolute atomic E-state index is 11.8. The van der Waals surface area contributed by atoms with Crippen LogP contribution in [0.1, 0.15) is 16.9 Å². The summed E-state index contributed by atoms with van der Waals surface area (Å²) in [7, 11) is -3.18. The third-order valence-electron chi connectivity index (χ3n) is 3.10.